The van der Waals surface area contributed by atoms with Gasteiger partial charge in [-0.3, -0.25) is 4.79 Å². The number of morpholine rings is 1. The number of rotatable bonds is 4. The van der Waals surface area contributed by atoms with Crippen molar-refractivity contribution < 1.29 is 19.1 Å². The number of benzene rings is 1. The lowest BCUT2D eigenvalue weighted by Gasteiger charge is -2.34. The Balaban J connectivity index is 2.00. The van der Waals surface area contributed by atoms with Crippen molar-refractivity contribution in [2.24, 2.45) is 5.73 Å². The van der Waals surface area contributed by atoms with Crippen LogP contribution in [0, 0.1) is 0 Å². The SMILES string of the molecule is CCOC(=O)C(N)C(=O)N1CCOC(c2ccccc2)C1. The lowest BCUT2D eigenvalue weighted by atomic mass is 10.1. The van der Waals surface area contributed by atoms with Gasteiger partial charge in [0.05, 0.1) is 19.8 Å². The van der Waals surface area contributed by atoms with Crippen LogP contribution in [0.5, 0.6) is 0 Å². The number of nitrogens with zero attached hydrogens (tertiary/aromatic N) is 1. The molecule has 1 aromatic carbocycles. The van der Waals surface area contributed by atoms with Gasteiger partial charge < -0.3 is 20.1 Å². The maximum atomic E-state index is 12.2. The van der Waals surface area contributed by atoms with E-state index in [1.165, 1.54) is 0 Å². The molecular weight excluding hydrogens is 272 g/mol. The van der Waals surface area contributed by atoms with Crippen LogP contribution in [0.4, 0.5) is 0 Å². The zero-order valence-corrected chi connectivity index (χ0v) is 12.0. The second-order valence-electron chi connectivity index (χ2n) is 4.78. The lowest BCUT2D eigenvalue weighted by molar-refractivity contribution is -0.153. The average Bonchev–Trinajstić information content (AvgIpc) is 2.54. The third-order valence-electron chi connectivity index (χ3n) is 3.36. The minimum Gasteiger partial charge on any atom is -0.464 e. The fourth-order valence-electron chi connectivity index (χ4n) is 2.25. The van der Waals surface area contributed by atoms with E-state index < -0.39 is 17.9 Å². The summed E-state index contributed by atoms with van der Waals surface area (Å²) in [5, 5.41) is 0. The van der Waals surface area contributed by atoms with Crippen LogP contribution in [-0.4, -0.2) is 49.1 Å². The number of esters is 1. The number of hydrogen-bond acceptors (Lipinski definition) is 5. The predicted molar refractivity (Wildman–Crippen MR) is 76.3 cm³/mol. The topological polar surface area (TPSA) is 81.9 Å². The Morgan fingerprint density at radius 1 is 1.43 bits per heavy atom. The maximum Gasteiger partial charge on any atom is 0.332 e. The third kappa shape index (κ3) is 3.80. The van der Waals surface area contributed by atoms with Crippen LogP contribution in [0.2, 0.25) is 0 Å². The molecule has 1 aliphatic heterocycles. The summed E-state index contributed by atoms with van der Waals surface area (Å²) in [4.78, 5) is 25.3. The lowest BCUT2D eigenvalue weighted by Crippen LogP contribution is -2.52. The van der Waals surface area contributed by atoms with Gasteiger partial charge in [-0.05, 0) is 12.5 Å². The van der Waals surface area contributed by atoms with Crippen LogP contribution in [0.15, 0.2) is 30.3 Å². The standard InChI is InChI=1S/C15H20N2O4/c1-2-20-15(19)13(16)14(18)17-8-9-21-12(10-17)11-6-4-3-5-7-11/h3-7,12-13H,2,8-10,16H2,1H3. The van der Waals surface area contributed by atoms with Gasteiger partial charge in [-0.1, -0.05) is 30.3 Å². The molecule has 1 amide bonds. The number of ether oxygens (including phenoxy) is 2. The number of nitrogens with two attached hydrogens (primary N) is 1. The Morgan fingerprint density at radius 2 is 2.14 bits per heavy atom. The van der Waals surface area contributed by atoms with Crippen molar-refractivity contribution in [3.8, 4) is 0 Å². The summed E-state index contributed by atoms with van der Waals surface area (Å²) in [6, 6.07) is 8.40. The van der Waals surface area contributed by atoms with Crippen molar-refractivity contribution in [3.05, 3.63) is 35.9 Å². The molecule has 0 saturated carbocycles. The van der Waals surface area contributed by atoms with Gasteiger partial charge in [0, 0.05) is 6.54 Å². The second-order valence-corrected chi connectivity index (χ2v) is 4.78. The first-order valence-corrected chi connectivity index (χ1v) is 7.01. The molecule has 2 N–H and O–H groups in total. The zero-order chi connectivity index (χ0) is 15.2. The molecule has 1 aliphatic rings. The van der Waals surface area contributed by atoms with Gasteiger partial charge in [0.25, 0.3) is 5.91 Å². The molecule has 0 spiro atoms. The molecule has 1 heterocycles. The molecule has 1 saturated heterocycles. The molecule has 2 rings (SSSR count). The van der Waals surface area contributed by atoms with Gasteiger partial charge in [0.1, 0.15) is 6.10 Å². The van der Waals surface area contributed by atoms with Gasteiger partial charge in [-0.25, -0.2) is 4.79 Å². The minimum atomic E-state index is -1.26. The Kier molecular flexibility index (Phi) is 5.30. The molecular formula is C15H20N2O4. The number of hydrogen-bond donors (Lipinski definition) is 1. The maximum absolute atomic E-state index is 12.2. The highest BCUT2D eigenvalue weighted by molar-refractivity contribution is 6.01. The van der Waals surface area contributed by atoms with Gasteiger partial charge >= 0.3 is 5.97 Å². The summed E-state index contributed by atoms with van der Waals surface area (Å²) in [6.07, 6.45) is -0.196. The summed E-state index contributed by atoms with van der Waals surface area (Å²) in [5.41, 5.74) is 6.65. The molecule has 1 aromatic rings. The summed E-state index contributed by atoms with van der Waals surface area (Å²) >= 11 is 0. The molecule has 6 heteroatoms. The highest BCUT2D eigenvalue weighted by Crippen LogP contribution is 2.22. The first kappa shape index (κ1) is 15.5. The Bertz CT molecular complexity index is 492. The molecule has 0 bridgehead atoms. The Labute approximate surface area is 123 Å². The molecule has 21 heavy (non-hydrogen) atoms. The van der Waals surface area contributed by atoms with E-state index in [1.54, 1.807) is 11.8 Å². The highest BCUT2D eigenvalue weighted by Gasteiger charge is 2.32. The van der Waals surface area contributed by atoms with Gasteiger partial charge in [-0.15, -0.1) is 0 Å². The van der Waals surface area contributed by atoms with Crippen molar-refractivity contribution in [2.45, 2.75) is 19.1 Å². The molecule has 0 aliphatic carbocycles. The summed E-state index contributed by atoms with van der Waals surface area (Å²) in [7, 11) is 0. The van der Waals surface area contributed by atoms with E-state index in [0.717, 1.165) is 5.56 Å². The van der Waals surface area contributed by atoms with E-state index in [2.05, 4.69) is 0 Å². The van der Waals surface area contributed by atoms with E-state index in [4.69, 9.17) is 15.2 Å². The fraction of sp³-hybridized carbons (Fsp3) is 0.467. The van der Waals surface area contributed by atoms with Gasteiger partial charge in [0.15, 0.2) is 6.04 Å². The first-order chi connectivity index (χ1) is 10.1. The van der Waals surface area contributed by atoms with Crippen molar-refractivity contribution >= 4 is 11.9 Å². The number of carbonyl (C=O) groups is 2. The van der Waals surface area contributed by atoms with Crippen LogP contribution in [0.3, 0.4) is 0 Å². The fourth-order valence-corrected chi connectivity index (χ4v) is 2.25. The second kappa shape index (κ2) is 7.19. The Hall–Kier alpha value is -1.92. The molecule has 2 atom stereocenters. The van der Waals surface area contributed by atoms with E-state index in [1.807, 2.05) is 30.3 Å². The van der Waals surface area contributed by atoms with Crippen LogP contribution in [0.25, 0.3) is 0 Å². The average molecular weight is 292 g/mol. The van der Waals surface area contributed by atoms with Crippen LogP contribution >= 0.6 is 0 Å². The normalized spacial score (nSPS) is 19.9. The molecule has 6 nitrogen and oxygen atoms in total. The van der Waals surface area contributed by atoms with Crippen LogP contribution in [-0.2, 0) is 19.1 Å². The summed E-state index contributed by atoms with van der Waals surface area (Å²) in [5.74, 6) is -1.11. The summed E-state index contributed by atoms with van der Waals surface area (Å²) < 4.78 is 10.5. The van der Waals surface area contributed by atoms with E-state index >= 15 is 0 Å². The molecule has 1 fully saturated rings. The first-order valence-electron chi connectivity index (χ1n) is 7.01. The molecule has 0 radical (unpaired) electrons. The molecule has 2 unspecified atom stereocenters. The van der Waals surface area contributed by atoms with E-state index in [-0.39, 0.29) is 12.7 Å². The van der Waals surface area contributed by atoms with E-state index in [0.29, 0.717) is 19.7 Å². The highest BCUT2D eigenvalue weighted by atomic mass is 16.5. The Morgan fingerprint density at radius 3 is 2.81 bits per heavy atom. The zero-order valence-electron chi connectivity index (χ0n) is 12.0. The largest absolute Gasteiger partial charge is 0.464 e. The predicted octanol–water partition coefficient (Wildman–Crippen LogP) is 0.477. The molecule has 0 aromatic heterocycles. The van der Waals surface area contributed by atoms with Crippen LogP contribution in [0.1, 0.15) is 18.6 Å². The van der Waals surface area contributed by atoms with Crippen molar-refractivity contribution in [1.29, 1.82) is 0 Å². The van der Waals surface area contributed by atoms with Gasteiger partial charge in [0.2, 0.25) is 0 Å². The molecule has 114 valence electrons. The van der Waals surface area contributed by atoms with Crippen molar-refractivity contribution in [3.63, 3.8) is 0 Å². The summed E-state index contributed by atoms with van der Waals surface area (Å²) in [6.45, 7) is 3.11. The third-order valence-corrected chi connectivity index (χ3v) is 3.36. The minimum absolute atomic E-state index is 0.196. The number of carbonyl (C=O) groups excluding carboxylic acids is 2. The van der Waals surface area contributed by atoms with Gasteiger partial charge in [-0.2, -0.15) is 0 Å². The smallest absolute Gasteiger partial charge is 0.332 e. The van der Waals surface area contributed by atoms with E-state index in [9.17, 15) is 9.59 Å². The van der Waals surface area contributed by atoms with Crippen molar-refractivity contribution in [1.82, 2.24) is 4.90 Å². The monoisotopic (exact) mass is 292 g/mol. The van der Waals surface area contributed by atoms with Crippen LogP contribution < -0.4 is 5.73 Å². The quantitative estimate of drug-likeness (QED) is 0.644. The number of amides is 1. The van der Waals surface area contributed by atoms with Crippen molar-refractivity contribution in [2.75, 3.05) is 26.3 Å².